The van der Waals surface area contributed by atoms with Gasteiger partial charge in [0.1, 0.15) is 0 Å². The zero-order valence-corrected chi connectivity index (χ0v) is 10.2. The lowest BCUT2D eigenvalue weighted by molar-refractivity contribution is 0.166. The Labute approximate surface area is 88.8 Å². The molecule has 1 fully saturated rings. The molecule has 0 radical (unpaired) electrons. The fourth-order valence-corrected chi connectivity index (χ4v) is 2.38. The van der Waals surface area contributed by atoms with Crippen molar-refractivity contribution >= 4 is 0 Å². The molecule has 1 heterocycles. The maximum Gasteiger partial charge on any atom is 0.0252 e. The lowest BCUT2D eigenvalue weighted by Crippen LogP contribution is -2.49. The molecule has 84 valence electrons. The van der Waals surface area contributed by atoms with E-state index in [1.807, 2.05) is 0 Å². The van der Waals surface area contributed by atoms with E-state index in [4.69, 9.17) is 5.73 Å². The molecule has 2 nitrogen and oxygen atoms in total. The second-order valence-electron chi connectivity index (χ2n) is 5.43. The Morgan fingerprint density at radius 1 is 1.50 bits per heavy atom. The van der Waals surface area contributed by atoms with Gasteiger partial charge in [-0.15, -0.1) is 0 Å². The second-order valence-corrected chi connectivity index (χ2v) is 5.43. The molecule has 0 spiro atoms. The van der Waals surface area contributed by atoms with Gasteiger partial charge in [-0.3, -0.25) is 4.90 Å². The molecule has 0 amide bonds. The fraction of sp³-hybridized carbons (Fsp3) is 1.00. The van der Waals surface area contributed by atoms with Crippen molar-refractivity contribution in [2.24, 2.45) is 11.7 Å². The van der Waals surface area contributed by atoms with Crippen LogP contribution in [-0.4, -0.2) is 29.6 Å². The molecule has 0 aliphatic carbocycles. The van der Waals surface area contributed by atoms with E-state index in [1.165, 1.54) is 19.4 Å². The molecule has 2 atom stereocenters. The first-order valence-corrected chi connectivity index (χ1v) is 5.99. The Kier molecular flexibility index (Phi) is 3.96. The van der Waals surface area contributed by atoms with E-state index in [0.717, 1.165) is 24.9 Å². The molecule has 0 aromatic heterocycles. The lowest BCUT2D eigenvalue weighted by atomic mass is 9.97. The third-order valence-electron chi connectivity index (χ3n) is 3.56. The van der Waals surface area contributed by atoms with Crippen LogP contribution in [-0.2, 0) is 0 Å². The number of likely N-dealkylation sites (tertiary alicyclic amines) is 1. The molecule has 2 unspecified atom stereocenters. The van der Waals surface area contributed by atoms with Crippen LogP contribution in [0.2, 0.25) is 0 Å². The highest BCUT2D eigenvalue weighted by Crippen LogP contribution is 2.25. The van der Waals surface area contributed by atoms with E-state index in [0.29, 0.717) is 0 Å². The molecular weight excluding hydrogens is 172 g/mol. The predicted octanol–water partition coefficient (Wildman–Crippen LogP) is 2.23. The minimum absolute atomic E-state index is 0.00250. The van der Waals surface area contributed by atoms with Crippen molar-refractivity contribution in [2.45, 2.75) is 58.5 Å². The van der Waals surface area contributed by atoms with Gasteiger partial charge in [-0.05, 0) is 38.6 Å². The average molecular weight is 198 g/mol. The molecule has 1 saturated heterocycles. The SMILES string of the molecule is CCC(C)(N)CN1CCCC1C(C)C. The largest absolute Gasteiger partial charge is 0.324 e. The van der Waals surface area contributed by atoms with Crippen LogP contribution >= 0.6 is 0 Å². The number of hydrogen-bond donors (Lipinski definition) is 1. The zero-order chi connectivity index (χ0) is 10.8. The Morgan fingerprint density at radius 3 is 2.64 bits per heavy atom. The van der Waals surface area contributed by atoms with E-state index >= 15 is 0 Å². The molecular formula is C12H26N2. The van der Waals surface area contributed by atoms with Gasteiger partial charge in [0, 0.05) is 18.1 Å². The van der Waals surface area contributed by atoms with Crippen LogP contribution in [0.4, 0.5) is 0 Å². The molecule has 0 aromatic carbocycles. The van der Waals surface area contributed by atoms with Crippen LogP contribution in [0.15, 0.2) is 0 Å². The standard InChI is InChI=1S/C12H26N2/c1-5-12(4,13)9-14-8-6-7-11(14)10(2)3/h10-11H,5-9,13H2,1-4H3. The van der Waals surface area contributed by atoms with Gasteiger partial charge in [0.05, 0.1) is 0 Å². The van der Waals surface area contributed by atoms with Crippen molar-refractivity contribution in [3.63, 3.8) is 0 Å². The summed E-state index contributed by atoms with van der Waals surface area (Å²) in [4.78, 5) is 2.59. The maximum atomic E-state index is 6.22. The van der Waals surface area contributed by atoms with Crippen LogP contribution in [0.5, 0.6) is 0 Å². The summed E-state index contributed by atoms with van der Waals surface area (Å²) in [7, 11) is 0. The molecule has 14 heavy (non-hydrogen) atoms. The summed E-state index contributed by atoms with van der Waals surface area (Å²) in [6.45, 7) is 11.3. The van der Waals surface area contributed by atoms with Crippen molar-refractivity contribution < 1.29 is 0 Å². The van der Waals surface area contributed by atoms with Crippen molar-refractivity contribution in [3.05, 3.63) is 0 Å². The van der Waals surface area contributed by atoms with Gasteiger partial charge >= 0.3 is 0 Å². The molecule has 0 aromatic rings. The Bertz CT molecular complexity index is 175. The van der Waals surface area contributed by atoms with Gasteiger partial charge in [0.25, 0.3) is 0 Å². The van der Waals surface area contributed by atoms with Crippen LogP contribution in [0, 0.1) is 5.92 Å². The highest BCUT2D eigenvalue weighted by atomic mass is 15.2. The minimum atomic E-state index is -0.00250. The number of rotatable bonds is 4. The average Bonchev–Trinajstić information content (AvgIpc) is 2.51. The van der Waals surface area contributed by atoms with Crippen LogP contribution < -0.4 is 5.73 Å². The van der Waals surface area contributed by atoms with Crippen LogP contribution in [0.1, 0.15) is 47.0 Å². The fourth-order valence-electron chi connectivity index (χ4n) is 2.38. The summed E-state index contributed by atoms with van der Waals surface area (Å²) in [5.41, 5.74) is 6.21. The first kappa shape index (κ1) is 12.0. The first-order chi connectivity index (χ1) is 6.46. The maximum absolute atomic E-state index is 6.22. The minimum Gasteiger partial charge on any atom is -0.324 e. The first-order valence-electron chi connectivity index (χ1n) is 5.99. The van der Waals surface area contributed by atoms with Gasteiger partial charge in [-0.2, -0.15) is 0 Å². The van der Waals surface area contributed by atoms with E-state index in [9.17, 15) is 0 Å². The zero-order valence-electron chi connectivity index (χ0n) is 10.2. The summed E-state index contributed by atoms with van der Waals surface area (Å²) in [5.74, 6) is 0.769. The van der Waals surface area contributed by atoms with Crippen molar-refractivity contribution in [1.29, 1.82) is 0 Å². The Hall–Kier alpha value is -0.0800. The molecule has 2 heteroatoms. The number of nitrogens with two attached hydrogens (primary N) is 1. The molecule has 1 rings (SSSR count). The number of hydrogen-bond acceptors (Lipinski definition) is 2. The van der Waals surface area contributed by atoms with Crippen molar-refractivity contribution in [1.82, 2.24) is 4.90 Å². The van der Waals surface area contributed by atoms with Gasteiger partial charge in [-0.25, -0.2) is 0 Å². The molecule has 0 bridgehead atoms. The molecule has 2 N–H and O–H groups in total. The summed E-state index contributed by atoms with van der Waals surface area (Å²) in [6.07, 6.45) is 3.77. The third-order valence-corrected chi connectivity index (χ3v) is 3.56. The van der Waals surface area contributed by atoms with Gasteiger partial charge in [-0.1, -0.05) is 20.8 Å². The highest BCUT2D eigenvalue weighted by molar-refractivity contribution is 4.88. The van der Waals surface area contributed by atoms with Gasteiger partial charge < -0.3 is 5.73 Å². The third kappa shape index (κ3) is 2.96. The Morgan fingerprint density at radius 2 is 2.14 bits per heavy atom. The highest BCUT2D eigenvalue weighted by Gasteiger charge is 2.30. The van der Waals surface area contributed by atoms with E-state index in [2.05, 4.69) is 32.6 Å². The van der Waals surface area contributed by atoms with Crippen molar-refractivity contribution in [2.75, 3.05) is 13.1 Å². The lowest BCUT2D eigenvalue weighted by Gasteiger charge is -2.34. The summed E-state index contributed by atoms with van der Waals surface area (Å²) in [5, 5.41) is 0. The predicted molar refractivity (Wildman–Crippen MR) is 62.3 cm³/mol. The van der Waals surface area contributed by atoms with Crippen LogP contribution in [0.3, 0.4) is 0 Å². The summed E-state index contributed by atoms with van der Waals surface area (Å²) >= 11 is 0. The Balaban J connectivity index is 2.51. The van der Waals surface area contributed by atoms with E-state index in [1.54, 1.807) is 0 Å². The van der Waals surface area contributed by atoms with Gasteiger partial charge in [0.15, 0.2) is 0 Å². The van der Waals surface area contributed by atoms with Crippen molar-refractivity contribution in [3.8, 4) is 0 Å². The molecule has 1 aliphatic rings. The number of nitrogens with zero attached hydrogens (tertiary/aromatic N) is 1. The molecule has 0 saturated carbocycles. The van der Waals surface area contributed by atoms with Gasteiger partial charge in [0.2, 0.25) is 0 Å². The smallest absolute Gasteiger partial charge is 0.0252 e. The van der Waals surface area contributed by atoms with E-state index in [-0.39, 0.29) is 5.54 Å². The topological polar surface area (TPSA) is 29.3 Å². The molecule has 1 aliphatic heterocycles. The second kappa shape index (κ2) is 4.63. The summed E-state index contributed by atoms with van der Waals surface area (Å²) in [6, 6.07) is 0.768. The quantitative estimate of drug-likeness (QED) is 0.750. The van der Waals surface area contributed by atoms with E-state index < -0.39 is 0 Å². The normalized spacial score (nSPS) is 28.3. The summed E-state index contributed by atoms with van der Waals surface area (Å²) < 4.78 is 0. The van der Waals surface area contributed by atoms with Crippen LogP contribution in [0.25, 0.3) is 0 Å². The monoisotopic (exact) mass is 198 g/mol.